The number of hydrogen-bond donors (Lipinski definition) is 1. The first-order valence-corrected chi connectivity index (χ1v) is 4.81. The molecule has 1 aromatic carbocycles. The minimum absolute atomic E-state index is 0.521. The third-order valence-electron chi connectivity index (χ3n) is 2.37. The van der Waals surface area contributed by atoms with Crippen LogP contribution in [0.15, 0.2) is 24.3 Å². The van der Waals surface area contributed by atoms with Gasteiger partial charge in [0.05, 0.1) is 19.3 Å². The van der Waals surface area contributed by atoms with Gasteiger partial charge >= 0.3 is 0 Å². The number of anilines is 1. The molecule has 1 saturated heterocycles. The third-order valence-corrected chi connectivity index (χ3v) is 2.37. The standard InChI is InChI=1S/C11H15NO/c1-2-9-3-5-10(6-4-9)12-11-7-13-8-11/h3-6,11-12H,2,7-8H2,1H3. The molecule has 1 aromatic rings. The smallest absolute Gasteiger partial charge is 0.0728 e. The highest BCUT2D eigenvalue weighted by Crippen LogP contribution is 2.13. The van der Waals surface area contributed by atoms with Gasteiger partial charge in [-0.2, -0.15) is 0 Å². The number of ether oxygens (including phenoxy) is 1. The molecule has 0 atom stereocenters. The van der Waals surface area contributed by atoms with Gasteiger partial charge in [0.25, 0.3) is 0 Å². The van der Waals surface area contributed by atoms with Crippen LogP contribution in [0.5, 0.6) is 0 Å². The van der Waals surface area contributed by atoms with Crippen LogP contribution >= 0.6 is 0 Å². The second-order valence-electron chi connectivity index (χ2n) is 3.43. The van der Waals surface area contributed by atoms with Crippen molar-refractivity contribution in [1.29, 1.82) is 0 Å². The van der Waals surface area contributed by atoms with Gasteiger partial charge in [0.1, 0.15) is 0 Å². The molecule has 0 unspecified atom stereocenters. The molecule has 1 heterocycles. The SMILES string of the molecule is CCc1ccc(NC2COC2)cc1. The predicted molar refractivity (Wildman–Crippen MR) is 54.0 cm³/mol. The van der Waals surface area contributed by atoms with E-state index in [2.05, 4.69) is 36.5 Å². The summed E-state index contributed by atoms with van der Waals surface area (Å²) in [5, 5.41) is 3.40. The normalized spacial score (nSPS) is 16.7. The summed E-state index contributed by atoms with van der Waals surface area (Å²) in [6.07, 6.45) is 1.10. The molecule has 0 radical (unpaired) electrons. The summed E-state index contributed by atoms with van der Waals surface area (Å²) in [5.41, 5.74) is 2.58. The average Bonchev–Trinajstić information content (AvgIpc) is 2.12. The van der Waals surface area contributed by atoms with Crippen molar-refractivity contribution in [1.82, 2.24) is 0 Å². The molecule has 1 aliphatic heterocycles. The maximum atomic E-state index is 5.09. The van der Waals surface area contributed by atoms with Crippen molar-refractivity contribution in [2.75, 3.05) is 18.5 Å². The molecule has 2 nitrogen and oxygen atoms in total. The largest absolute Gasteiger partial charge is 0.378 e. The van der Waals surface area contributed by atoms with Crippen LogP contribution in [0.25, 0.3) is 0 Å². The molecule has 1 fully saturated rings. The first-order chi connectivity index (χ1) is 6.38. The highest BCUT2D eigenvalue weighted by atomic mass is 16.5. The summed E-state index contributed by atoms with van der Waals surface area (Å²) < 4.78 is 5.09. The van der Waals surface area contributed by atoms with Crippen molar-refractivity contribution in [2.24, 2.45) is 0 Å². The zero-order valence-corrected chi connectivity index (χ0v) is 7.92. The lowest BCUT2D eigenvalue weighted by molar-refractivity contribution is 0.0211. The molecule has 0 bridgehead atoms. The Bertz CT molecular complexity index is 264. The van der Waals surface area contributed by atoms with Crippen molar-refractivity contribution in [2.45, 2.75) is 19.4 Å². The van der Waals surface area contributed by atoms with Gasteiger partial charge in [-0.3, -0.25) is 0 Å². The van der Waals surface area contributed by atoms with E-state index in [9.17, 15) is 0 Å². The molecule has 0 saturated carbocycles. The molecule has 1 aliphatic rings. The lowest BCUT2D eigenvalue weighted by atomic mass is 10.1. The van der Waals surface area contributed by atoms with E-state index >= 15 is 0 Å². The van der Waals surface area contributed by atoms with E-state index in [1.165, 1.54) is 11.3 Å². The van der Waals surface area contributed by atoms with Gasteiger partial charge in [-0.05, 0) is 24.1 Å². The van der Waals surface area contributed by atoms with Crippen LogP contribution in [0, 0.1) is 0 Å². The van der Waals surface area contributed by atoms with Gasteiger partial charge in [-0.25, -0.2) is 0 Å². The first kappa shape index (κ1) is 8.57. The van der Waals surface area contributed by atoms with E-state index in [4.69, 9.17) is 4.74 Å². The van der Waals surface area contributed by atoms with Gasteiger partial charge in [-0.1, -0.05) is 19.1 Å². The summed E-state index contributed by atoms with van der Waals surface area (Å²) in [4.78, 5) is 0. The Morgan fingerprint density at radius 2 is 2.00 bits per heavy atom. The third kappa shape index (κ3) is 2.01. The van der Waals surface area contributed by atoms with Crippen LogP contribution in [0.2, 0.25) is 0 Å². The number of hydrogen-bond acceptors (Lipinski definition) is 2. The molecular formula is C11H15NO. The number of benzene rings is 1. The average molecular weight is 177 g/mol. The Morgan fingerprint density at radius 1 is 1.31 bits per heavy atom. The van der Waals surface area contributed by atoms with Crippen LogP contribution in [-0.2, 0) is 11.2 Å². The number of rotatable bonds is 3. The Kier molecular flexibility index (Phi) is 2.50. The quantitative estimate of drug-likeness (QED) is 0.763. The monoisotopic (exact) mass is 177 g/mol. The van der Waals surface area contributed by atoms with Crippen molar-refractivity contribution in [3.05, 3.63) is 29.8 Å². The van der Waals surface area contributed by atoms with E-state index in [-0.39, 0.29) is 0 Å². The van der Waals surface area contributed by atoms with Gasteiger partial charge < -0.3 is 10.1 Å². The minimum atomic E-state index is 0.521. The molecule has 2 heteroatoms. The van der Waals surface area contributed by atoms with E-state index in [1.54, 1.807) is 0 Å². The fraction of sp³-hybridized carbons (Fsp3) is 0.455. The molecular weight excluding hydrogens is 162 g/mol. The molecule has 2 rings (SSSR count). The van der Waals surface area contributed by atoms with Crippen LogP contribution in [0.3, 0.4) is 0 Å². The van der Waals surface area contributed by atoms with Crippen molar-refractivity contribution < 1.29 is 4.74 Å². The second kappa shape index (κ2) is 3.79. The summed E-state index contributed by atoms with van der Waals surface area (Å²) >= 11 is 0. The topological polar surface area (TPSA) is 21.3 Å². The molecule has 0 amide bonds. The van der Waals surface area contributed by atoms with Crippen molar-refractivity contribution in [3.63, 3.8) is 0 Å². The van der Waals surface area contributed by atoms with Gasteiger partial charge in [-0.15, -0.1) is 0 Å². The van der Waals surface area contributed by atoms with E-state index in [1.807, 2.05) is 0 Å². The van der Waals surface area contributed by atoms with E-state index in [0.717, 1.165) is 19.6 Å². The molecule has 0 aliphatic carbocycles. The van der Waals surface area contributed by atoms with Crippen LogP contribution in [0.4, 0.5) is 5.69 Å². The Hall–Kier alpha value is -1.02. The summed E-state index contributed by atoms with van der Waals surface area (Å²) in [5.74, 6) is 0. The van der Waals surface area contributed by atoms with Gasteiger partial charge in [0.2, 0.25) is 0 Å². The van der Waals surface area contributed by atoms with Crippen LogP contribution < -0.4 is 5.32 Å². The van der Waals surface area contributed by atoms with Crippen LogP contribution in [0.1, 0.15) is 12.5 Å². The zero-order chi connectivity index (χ0) is 9.10. The summed E-state index contributed by atoms with van der Waals surface area (Å²) in [7, 11) is 0. The molecule has 70 valence electrons. The first-order valence-electron chi connectivity index (χ1n) is 4.81. The lowest BCUT2D eigenvalue weighted by Gasteiger charge is -2.27. The van der Waals surface area contributed by atoms with Crippen molar-refractivity contribution >= 4 is 5.69 Å². The Labute approximate surface area is 78.9 Å². The molecule has 0 spiro atoms. The molecule has 0 aromatic heterocycles. The maximum absolute atomic E-state index is 5.09. The molecule has 13 heavy (non-hydrogen) atoms. The van der Waals surface area contributed by atoms with Crippen molar-refractivity contribution in [3.8, 4) is 0 Å². The van der Waals surface area contributed by atoms with E-state index < -0.39 is 0 Å². The molecule has 1 N–H and O–H groups in total. The highest BCUT2D eigenvalue weighted by Gasteiger charge is 2.17. The number of nitrogens with one attached hydrogen (secondary N) is 1. The predicted octanol–water partition coefficient (Wildman–Crippen LogP) is 2.06. The maximum Gasteiger partial charge on any atom is 0.0728 e. The second-order valence-corrected chi connectivity index (χ2v) is 3.43. The summed E-state index contributed by atoms with van der Waals surface area (Å²) in [6.45, 7) is 3.85. The van der Waals surface area contributed by atoms with Gasteiger partial charge in [0, 0.05) is 5.69 Å². The fourth-order valence-electron chi connectivity index (χ4n) is 1.39. The van der Waals surface area contributed by atoms with Gasteiger partial charge in [0.15, 0.2) is 0 Å². The van der Waals surface area contributed by atoms with Crippen LogP contribution in [-0.4, -0.2) is 19.3 Å². The zero-order valence-electron chi connectivity index (χ0n) is 7.92. The van der Waals surface area contributed by atoms with E-state index in [0.29, 0.717) is 6.04 Å². The fourth-order valence-corrected chi connectivity index (χ4v) is 1.39. The minimum Gasteiger partial charge on any atom is -0.378 e. The summed E-state index contributed by atoms with van der Waals surface area (Å²) in [6, 6.07) is 9.13. The Balaban J connectivity index is 1.96. The highest BCUT2D eigenvalue weighted by molar-refractivity contribution is 5.45. The number of aryl methyl sites for hydroxylation is 1. The lowest BCUT2D eigenvalue weighted by Crippen LogP contribution is -2.40. The Morgan fingerprint density at radius 3 is 2.46 bits per heavy atom.